The molecule has 2 fully saturated rings. The molecule has 0 amide bonds. The molecule has 3 heterocycles. The Bertz CT molecular complexity index is 708. The molecule has 1 saturated heterocycles. The molecule has 4 rings (SSSR count). The second-order valence-corrected chi connectivity index (χ2v) is 7.62. The zero-order valence-electron chi connectivity index (χ0n) is 15.5. The van der Waals surface area contributed by atoms with Gasteiger partial charge in [0.05, 0.1) is 6.54 Å². The maximum absolute atomic E-state index is 4.44. The lowest BCUT2D eigenvalue weighted by Gasteiger charge is -2.27. The number of hydrogen-bond donors (Lipinski definition) is 0. The molecule has 0 spiro atoms. The molecule has 2 aromatic heterocycles. The highest BCUT2D eigenvalue weighted by molar-refractivity contribution is 5.15. The Kier molecular flexibility index (Phi) is 4.56. The van der Waals surface area contributed by atoms with E-state index in [1.807, 2.05) is 12.4 Å². The molecule has 134 valence electrons. The van der Waals surface area contributed by atoms with Crippen LogP contribution >= 0.6 is 0 Å². The Morgan fingerprint density at radius 1 is 1.20 bits per heavy atom. The molecule has 1 aliphatic carbocycles. The molecule has 0 bridgehead atoms. The third-order valence-electron chi connectivity index (χ3n) is 5.89. The molecular weight excluding hydrogens is 312 g/mol. The number of likely N-dealkylation sites (tertiary alicyclic amines) is 1. The van der Waals surface area contributed by atoms with Crippen LogP contribution in [-0.4, -0.2) is 55.7 Å². The van der Waals surface area contributed by atoms with Gasteiger partial charge >= 0.3 is 0 Å². The van der Waals surface area contributed by atoms with Crippen LogP contribution in [0.1, 0.15) is 55.4 Å². The molecule has 0 aromatic carbocycles. The number of rotatable bonds is 6. The lowest BCUT2D eigenvalue weighted by Crippen LogP contribution is -2.35. The first kappa shape index (κ1) is 16.7. The van der Waals surface area contributed by atoms with Gasteiger partial charge in [-0.15, -0.1) is 10.2 Å². The molecular formula is C19H28N6. The summed E-state index contributed by atoms with van der Waals surface area (Å²) in [5, 5.41) is 8.85. The summed E-state index contributed by atoms with van der Waals surface area (Å²) >= 11 is 0. The molecule has 25 heavy (non-hydrogen) atoms. The first-order chi connectivity index (χ1) is 12.1. The molecule has 1 aliphatic heterocycles. The summed E-state index contributed by atoms with van der Waals surface area (Å²) in [6, 6.07) is 5.27. The Balaban J connectivity index is 1.36. The Labute approximate surface area is 149 Å². The number of hydrogen-bond acceptors (Lipinski definition) is 5. The first-order valence-corrected chi connectivity index (χ1v) is 9.36. The SMILES string of the molecule is C[C@@H](c1ccncc1)N1CC[C@H](N(C)Cc2nnc(C3CC3)n2C)C1. The van der Waals surface area contributed by atoms with Crippen molar-refractivity contribution in [2.75, 3.05) is 20.1 Å². The van der Waals surface area contributed by atoms with E-state index in [4.69, 9.17) is 0 Å². The Hall–Kier alpha value is -1.79. The van der Waals surface area contributed by atoms with Crippen LogP contribution in [-0.2, 0) is 13.6 Å². The van der Waals surface area contributed by atoms with Crippen molar-refractivity contribution in [3.63, 3.8) is 0 Å². The molecule has 6 nitrogen and oxygen atoms in total. The van der Waals surface area contributed by atoms with Crippen LogP contribution in [0.25, 0.3) is 0 Å². The van der Waals surface area contributed by atoms with Crippen LogP contribution in [0.15, 0.2) is 24.5 Å². The minimum Gasteiger partial charge on any atom is -0.317 e. The lowest BCUT2D eigenvalue weighted by molar-refractivity contribution is 0.199. The van der Waals surface area contributed by atoms with Gasteiger partial charge in [-0.25, -0.2) is 0 Å². The second kappa shape index (κ2) is 6.84. The fraction of sp³-hybridized carbons (Fsp3) is 0.632. The van der Waals surface area contributed by atoms with Gasteiger partial charge in [0.1, 0.15) is 11.6 Å². The summed E-state index contributed by atoms with van der Waals surface area (Å²) in [6.45, 7) is 5.42. The maximum atomic E-state index is 4.44. The van der Waals surface area contributed by atoms with Gasteiger partial charge in [0.25, 0.3) is 0 Å². The van der Waals surface area contributed by atoms with E-state index >= 15 is 0 Å². The highest BCUT2D eigenvalue weighted by Crippen LogP contribution is 2.38. The molecule has 0 unspecified atom stereocenters. The van der Waals surface area contributed by atoms with E-state index in [2.05, 4.69) is 62.7 Å². The van der Waals surface area contributed by atoms with Gasteiger partial charge in [-0.2, -0.15) is 0 Å². The standard InChI is InChI=1S/C19H28N6/c1-14(15-6-9-20-10-7-15)25-11-8-17(12-25)23(2)13-18-21-22-19(24(18)3)16-4-5-16/h6-7,9-10,14,16-17H,4-5,8,11-13H2,1-3H3/t14-,17-/m0/s1. The maximum Gasteiger partial charge on any atom is 0.146 e. The van der Waals surface area contributed by atoms with Crippen LogP contribution in [0.2, 0.25) is 0 Å². The van der Waals surface area contributed by atoms with Crippen molar-refractivity contribution in [1.29, 1.82) is 0 Å². The Morgan fingerprint density at radius 2 is 1.96 bits per heavy atom. The molecule has 0 N–H and O–H groups in total. The topological polar surface area (TPSA) is 50.1 Å². The Morgan fingerprint density at radius 3 is 2.68 bits per heavy atom. The second-order valence-electron chi connectivity index (χ2n) is 7.62. The van der Waals surface area contributed by atoms with Crippen molar-refractivity contribution in [3.05, 3.63) is 41.7 Å². The fourth-order valence-electron chi connectivity index (χ4n) is 3.89. The fourth-order valence-corrected chi connectivity index (χ4v) is 3.89. The van der Waals surface area contributed by atoms with Crippen molar-refractivity contribution in [1.82, 2.24) is 29.5 Å². The third kappa shape index (κ3) is 3.46. The summed E-state index contributed by atoms with van der Waals surface area (Å²) in [6.07, 6.45) is 7.52. The van der Waals surface area contributed by atoms with Crippen molar-refractivity contribution in [3.8, 4) is 0 Å². The van der Waals surface area contributed by atoms with E-state index in [0.717, 1.165) is 25.5 Å². The van der Waals surface area contributed by atoms with Crippen LogP contribution in [0.3, 0.4) is 0 Å². The zero-order chi connectivity index (χ0) is 17.4. The smallest absolute Gasteiger partial charge is 0.146 e. The molecule has 6 heteroatoms. The average molecular weight is 340 g/mol. The molecule has 0 radical (unpaired) electrons. The molecule has 2 aliphatic rings. The van der Waals surface area contributed by atoms with Gasteiger partial charge in [-0.1, -0.05) is 0 Å². The first-order valence-electron chi connectivity index (χ1n) is 9.36. The molecule has 2 aromatic rings. The number of aromatic nitrogens is 4. The van der Waals surface area contributed by atoms with Crippen LogP contribution in [0.5, 0.6) is 0 Å². The van der Waals surface area contributed by atoms with Crippen molar-refractivity contribution in [2.45, 2.75) is 50.7 Å². The predicted octanol–water partition coefficient (Wildman–Crippen LogP) is 2.35. The van der Waals surface area contributed by atoms with Gasteiger partial charge < -0.3 is 4.57 Å². The predicted molar refractivity (Wildman–Crippen MR) is 97.1 cm³/mol. The van der Waals surface area contributed by atoms with Gasteiger partial charge in [-0.3, -0.25) is 14.8 Å². The summed E-state index contributed by atoms with van der Waals surface area (Å²) in [7, 11) is 4.33. The van der Waals surface area contributed by atoms with Crippen molar-refractivity contribution in [2.24, 2.45) is 7.05 Å². The van der Waals surface area contributed by atoms with E-state index in [0.29, 0.717) is 18.0 Å². The third-order valence-corrected chi connectivity index (χ3v) is 5.89. The minimum absolute atomic E-state index is 0.442. The quantitative estimate of drug-likeness (QED) is 0.808. The van der Waals surface area contributed by atoms with Gasteiger partial charge in [0.2, 0.25) is 0 Å². The van der Waals surface area contributed by atoms with E-state index < -0.39 is 0 Å². The minimum atomic E-state index is 0.442. The monoisotopic (exact) mass is 340 g/mol. The van der Waals surface area contributed by atoms with Gasteiger partial charge in [0.15, 0.2) is 0 Å². The summed E-state index contributed by atoms with van der Waals surface area (Å²) in [5.41, 5.74) is 1.35. The van der Waals surface area contributed by atoms with Gasteiger partial charge in [0, 0.05) is 50.5 Å². The summed E-state index contributed by atoms with van der Waals surface area (Å²) < 4.78 is 2.21. The van der Waals surface area contributed by atoms with E-state index in [1.165, 1.54) is 30.7 Å². The van der Waals surface area contributed by atoms with Crippen LogP contribution in [0, 0.1) is 0 Å². The number of likely N-dealkylation sites (N-methyl/N-ethyl adjacent to an activating group) is 1. The molecule has 1 saturated carbocycles. The number of pyridine rings is 1. The van der Waals surface area contributed by atoms with E-state index in [1.54, 1.807) is 0 Å². The zero-order valence-corrected chi connectivity index (χ0v) is 15.5. The van der Waals surface area contributed by atoms with E-state index in [-0.39, 0.29) is 0 Å². The van der Waals surface area contributed by atoms with Crippen molar-refractivity contribution < 1.29 is 0 Å². The van der Waals surface area contributed by atoms with E-state index in [9.17, 15) is 0 Å². The molecule has 2 atom stereocenters. The van der Waals surface area contributed by atoms with Crippen LogP contribution in [0.4, 0.5) is 0 Å². The summed E-state index contributed by atoms with van der Waals surface area (Å²) in [4.78, 5) is 9.15. The average Bonchev–Trinajstić information content (AvgIpc) is 3.24. The normalized spacial score (nSPS) is 22.6. The lowest BCUT2D eigenvalue weighted by atomic mass is 10.1. The van der Waals surface area contributed by atoms with Crippen LogP contribution < -0.4 is 0 Å². The highest BCUT2D eigenvalue weighted by Gasteiger charge is 2.32. The highest BCUT2D eigenvalue weighted by atomic mass is 15.3. The largest absolute Gasteiger partial charge is 0.317 e. The van der Waals surface area contributed by atoms with Gasteiger partial charge in [-0.05, 0) is 50.9 Å². The van der Waals surface area contributed by atoms with Crippen molar-refractivity contribution >= 4 is 0 Å². The summed E-state index contributed by atoms with van der Waals surface area (Å²) in [5.74, 6) is 2.91. The number of nitrogens with zero attached hydrogens (tertiary/aromatic N) is 6.